The van der Waals surface area contributed by atoms with Gasteiger partial charge in [-0.3, -0.25) is 4.79 Å². The third-order valence-corrected chi connectivity index (χ3v) is 3.54. The predicted molar refractivity (Wildman–Crippen MR) is 56.2 cm³/mol. The summed E-state index contributed by atoms with van der Waals surface area (Å²) in [5.41, 5.74) is 5.99. The van der Waals surface area contributed by atoms with E-state index in [1.165, 1.54) is 12.8 Å². The summed E-state index contributed by atoms with van der Waals surface area (Å²) < 4.78 is 5.03. The molecule has 0 saturated heterocycles. The summed E-state index contributed by atoms with van der Waals surface area (Å²) in [6.07, 6.45) is 3.52. The number of rotatable bonds is 2. The van der Waals surface area contributed by atoms with Gasteiger partial charge in [-0.15, -0.1) is 12.4 Å². The van der Waals surface area contributed by atoms with Crippen molar-refractivity contribution in [3.63, 3.8) is 0 Å². The number of fused-ring (bicyclic) bond motifs is 2. The van der Waals surface area contributed by atoms with Crippen molar-refractivity contribution in [2.75, 3.05) is 6.61 Å². The zero-order valence-corrected chi connectivity index (χ0v) is 9.26. The minimum absolute atomic E-state index is 0. The lowest BCUT2D eigenvalue weighted by Crippen LogP contribution is -2.41. The first-order valence-electron chi connectivity index (χ1n) is 5.16. The van der Waals surface area contributed by atoms with E-state index in [1.54, 1.807) is 0 Å². The molecule has 0 aromatic carbocycles. The van der Waals surface area contributed by atoms with Crippen LogP contribution >= 0.6 is 12.4 Å². The fraction of sp³-hybridized carbons (Fsp3) is 0.900. The largest absolute Gasteiger partial charge is 0.466 e. The van der Waals surface area contributed by atoms with E-state index >= 15 is 0 Å². The average Bonchev–Trinajstić information content (AvgIpc) is 2.63. The number of nitrogens with two attached hydrogens (primary N) is 1. The Balaban J connectivity index is 0.000000980. The number of carbonyl (C=O) groups excluding carboxylic acids is 1. The van der Waals surface area contributed by atoms with E-state index in [-0.39, 0.29) is 30.3 Å². The molecule has 0 aromatic heterocycles. The molecule has 0 aromatic rings. The lowest BCUT2D eigenvalue weighted by molar-refractivity contribution is -0.150. The maximum absolute atomic E-state index is 11.5. The van der Waals surface area contributed by atoms with Crippen molar-refractivity contribution >= 4 is 18.4 Å². The van der Waals surface area contributed by atoms with Gasteiger partial charge in [-0.2, -0.15) is 0 Å². The van der Waals surface area contributed by atoms with Gasteiger partial charge in [-0.1, -0.05) is 0 Å². The topological polar surface area (TPSA) is 52.3 Å². The standard InChI is InChI=1S/C10H17NO2.ClH/c1-2-13-10(12)8-6-3-4-7(5-6)9(8)11;/h6-9H,2-5,11H2,1H3;1H/t6?,7-,8?,9?;/m1./s1. The molecule has 4 atom stereocenters. The molecule has 2 fully saturated rings. The molecule has 2 bridgehead atoms. The van der Waals surface area contributed by atoms with Crippen molar-refractivity contribution in [1.82, 2.24) is 0 Å². The van der Waals surface area contributed by atoms with Crippen LogP contribution in [0.5, 0.6) is 0 Å². The minimum Gasteiger partial charge on any atom is -0.466 e. The highest BCUT2D eigenvalue weighted by Gasteiger charge is 2.49. The molecule has 82 valence electrons. The second-order valence-electron chi connectivity index (χ2n) is 4.19. The molecule has 2 saturated carbocycles. The molecule has 3 nitrogen and oxygen atoms in total. The Kier molecular flexibility index (Phi) is 3.78. The number of hydrogen-bond acceptors (Lipinski definition) is 3. The second-order valence-corrected chi connectivity index (χ2v) is 4.19. The smallest absolute Gasteiger partial charge is 0.310 e. The minimum atomic E-state index is -0.0674. The van der Waals surface area contributed by atoms with Crippen LogP contribution in [0.25, 0.3) is 0 Å². The Morgan fingerprint density at radius 1 is 1.43 bits per heavy atom. The summed E-state index contributed by atoms with van der Waals surface area (Å²) in [5, 5.41) is 0. The third-order valence-electron chi connectivity index (χ3n) is 3.54. The van der Waals surface area contributed by atoms with Crippen molar-refractivity contribution in [3.8, 4) is 0 Å². The number of esters is 1. The Labute approximate surface area is 90.8 Å². The lowest BCUT2D eigenvalue weighted by Gasteiger charge is -2.25. The number of halogens is 1. The molecule has 0 spiro atoms. The van der Waals surface area contributed by atoms with E-state index in [9.17, 15) is 4.79 Å². The molecule has 14 heavy (non-hydrogen) atoms. The van der Waals surface area contributed by atoms with Crippen molar-refractivity contribution in [2.45, 2.75) is 32.2 Å². The SMILES string of the molecule is CCOC(=O)C1C2CC[C@H](C2)C1N.Cl. The zero-order chi connectivity index (χ0) is 9.42. The molecule has 3 unspecified atom stereocenters. The molecule has 2 aliphatic rings. The van der Waals surface area contributed by atoms with Crippen LogP contribution in [0.1, 0.15) is 26.2 Å². The number of carbonyl (C=O) groups is 1. The summed E-state index contributed by atoms with van der Waals surface area (Å²) in [5.74, 6) is 1.03. The monoisotopic (exact) mass is 219 g/mol. The van der Waals surface area contributed by atoms with Crippen molar-refractivity contribution < 1.29 is 9.53 Å². The van der Waals surface area contributed by atoms with Gasteiger partial charge in [0.25, 0.3) is 0 Å². The summed E-state index contributed by atoms with van der Waals surface area (Å²) in [6, 6.07) is 0.0674. The van der Waals surface area contributed by atoms with Crippen molar-refractivity contribution in [2.24, 2.45) is 23.5 Å². The summed E-state index contributed by atoms with van der Waals surface area (Å²) in [4.78, 5) is 11.5. The molecular weight excluding hydrogens is 202 g/mol. The number of hydrogen-bond donors (Lipinski definition) is 1. The Morgan fingerprint density at radius 3 is 2.57 bits per heavy atom. The molecule has 4 heteroatoms. The highest BCUT2D eigenvalue weighted by atomic mass is 35.5. The van der Waals surface area contributed by atoms with Gasteiger partial charge < -0.3 is 10.5 Å². The van der Waals surface area contributed by atoms with E-state index in [2.05, 4.69) is 0 Å². The Hall–Kier alpha value is -0.280. The van der Waals surface area contributed by atoms with E-state index in [4.69, 9.17) is 10.5 Å². The van der Waals surface area contributed by atoms with Gasteiger partial charge in [0.05, 0.1) is 12.5 Å². The summed E-state index contributed by atoms with van der Waals surface area (Å²) in [6.45, 7) is 2.32. The fourth-order valence-electron chi connectivity index (χ4n) is 2.92. The van der Waals surface area contributed by atoms with E-state index in [1.807, 2.05) is 6.92 Å². The van der Waals surface area contributed by atoms with Gasteiger partial charge in [-0.25, -0.2) is 0 Å². The zero-order valence-electron chi connectivity index (χ0n) is 8.44. The fourth-order valence-corrected chi connectivity index (χ4v) is 2.92. The van der Waals surface area contributed by atoms with Crippen molar-refractivity contribution in [3.05, 3.63) is 0 Å². The third kappa shape index (κ3) is 1.75. The normalized spacial score (nSPS) is 39.3. The highest BCUT2D eigenvalue weighted by molar-refractivity contribution is 5.85. The molecule has 2 aliphatic carbocycles. The average molecular weight is 220 g/mol. The van der Waals surface area contributed by atoms with Crippen LogP contribution in [0.4, 0.5) is 0 Å². The van der Waals surface area contributed by atoms with Gasteiger partial charge in [0, 0.05) is 6.04 Å². The van der Waals surface area contributed by atoms with Crippen LogP contribution < -0.4 is 5.73 Å². The van der Waals surface area contributed by atoms with E-state index in [0.717, 1.165) is 6.42 Å². The van der Waals surface area contributed by atoms with Gasteiger partial charge in [0.15, 0.2) is 0 Å². The van der Waals surface area contributed by atoms with Crippen molar-refractivity contribution in [1.29, 1.82) is 0 Å². The second kappa shape index (κ2) is 4.49. The molecular formula is C10H18ClNO2. The first-order valence-corrected chi connectivity index (χ1v) is 5.16. The lowest BCUT2D eigenvalue weighted by atomic mass is 9.85. The Morgan fingerprint density at radius 2 is 2.07 bits per heavy atom. The highest BCUT2D eigenvalue weighted by Crippen LogP contribution is 2.47. The quantitative estimate of drug-likeness (QED) is 0.714. The van der Waals surface area contributed by atoms with Crippen LogP contribution in [-0.4, -0.2) is 18.6 Å². The molecule has 0 amide bonds. The summed E-state index contributed by atoms with van der Waals surface area (Å²) >= 11 is 0. The molecule has 0 radical (unpaired) electrons. The maximum atomic E-state index is 11.5. The van der Waals surface area contributed by atoms with Crippen LogP contribution in [0.15, 0.2) is 0 Å². The van der Waals surface area contributed by atoms with Crippen LogP contribution in [0.3, 0.4) is 0 Å². The van der Waals surface area contributed by atoms with Gasteiger partial charge in [-0.05, 0) is 38.0 Å². The van der Waals surface area contributed by atoms with Crippen LogP contribution in [-0.2, 0) is 9.53 Å². The molecule has 0 heterocycles. The molecule has 0 aliphatic heterocycles. The van der Waals surface area contributed by atoms with Crippen LogP contribution in [0.2, 0.25) is 0 Å². The Bertz CT molecular complexity index is 220. The number of ether oxygens (including phenoxy) is 1. The predicted octanol–water partition coefficient (Wildman–Crippen LogP) is 1.34. The van der Waals surface area contributed by atoms with Gasteiger partial charge >= 0.3 is 5.97 Å². The van der Waals surface area contributed by atoms with Crippen LogP contribution in [0, 0.1) is 17.8 Å². The van der Waals surface area contributed by atoms with E-state index in [0.29, 0.717) is 18.4 Å². The van der Waals surface area contributed by atoms with E-state index < -0.39 is 0 Å². The maximum Gasteiger partial charge on any atom is 0.310 e. The van der Waals surface area contributed by atoms with Gasteiger partial charge in [0.1, 0.15) is 0 Å². The first-order chi connectivity index (χ1) is 6.24. The van der Waals surface area contributed by atoms with Gasteiger partial charge in [0.2, 0.25) is 0 Å². The molecule has 2 rings (SSSR count). The molecule has 2 N–H and O–H groups in total. The first kappa shape index (κ1) is 11.8. The summed E-state index contributed by atoms with van der Waals surface area (Å²) in [7, 11) is 0.